The molecule has 1 aromatic rings. The highest BCUT2D eigenvalue weighted by Crippen LogP contribution is 2.32. The monoisotopic (exact) mass is 292 g/mol. The van der Waals surface area contributed by atoms with Gasteiger partial charge in [0.15, 0.2) is 0 Å². The van der Waals surface area contributed by atoms with Gasteiger partial charge in [0.2, 0.25) is 5.91 Å². The van der Waals surface area contributed by atoms with Crippen molar-refractivity contribution < 1.29 is 24.6 Å². The Bertz CT molecular complexity index is 556. The number of carboxylic acid groups (broad SMARTS) is 2. The number of amides is 1. The van der Waals surface area contributed by atoms with Crippen LogP contribution in [0.1, 0.15) is 17.9 Å². The number of hydrogen-bond donors (Lipinski definition) is 3. The van der Waals surface area contributed by atoms with Crippen LogP contribution in [0.2, 0.25) is 0 Å². The standard InChI is InChI=1S/C14H16N2O5/c17-12(18)7-16(8-13(19)20)14(21)10-5-6-15-11-4-2-1-3-9(10)11/h1-4,10,15H,5-8H2,(H,17,18)(H,19,20). The predicted molar refractivity (Wildman–Crippen MR) is 74.1 cm³/mol. The van der Waals surface area contributed by atoms with Crippen molar-refractivity contribution in [2.24, 2.45) is 0 Å². The molecule has 112 valence electrons. The molecule has 0 bridgehead atoms. The zero-order chi connectivity index (χ0) is 15.4. The molecule has 1 aromatic carbocycles. The second-order valence-electron chi connectivity index (χ2n) is 4.84. The average Bonchev–Trinajstić information content (AvgIpc) is 2.44. The largest absolute Gasteiger partial charge is 0.480 e. The van der Waals surface area contributed by atoms with Crippen molar-refractivity contribution in [3.05, 3.63) is 29.8 Å². The number of benzene rings is 1. The molecular weight excluding hydrogens is 276 g/mol. The summed E-state index contributed by atoms with van der Waals surface area (Å²) in [5.74, 6) is -3.44. The first-order chi connectivity index (χ1) is 9.99. The van der Waals surface area contributed by atoms with Gasteiger partial charge in [0, 0.05) is 12.2 Å². The minimum atomic E-state index is -1.23. The Hall–Kier alpha value is -2.57. The topological polar surface area (TPSA) is 107 Å². The third-order valence-electron chi connectivity index (χ3n) is 3.35. The molecule has 0 spiro atoms. The van der Waals surface area contributed by atoms with Crippen LogP contribution in [0.25, 0.3) is 0 Å². The molecule has 3 N–H and O–H groups in total. The lowest BCUT2D eigenvalue weighted by molar-refractivity contribution is -0.150. The zero-order valence-electron chi connectivity index (χ0n) is 11.3. The van der Waals surface area contributed by atoms with Crippen molar-refractivity contribution in [2.75, 3.05) is 25.0 Å². The van der Waals surface area contributed by atoms with Crippen LogP contribution in [-0.2, 0) is 14.4 Å². The Morgan fingerprint density at radius 3 is 2.38 bits per heavy atom. The van der Waals surface area contributed by atoms with Crippen LogP contribution in [0.4, 0.5) is 5.69 Å². The summed E-state index contributed by atoms with van der Waals surface area (Å²) < 4.78 is 0. The van der Waals surface area contributed by atoms with Gasteiger partial charge in [-0.1, -0.05) is 18.2 Å². The van der Waals surface area contributed by atoms with E-state index >= 15 is 0 Å². The number of nitrogens with one attached hydrogen (secondary N) is 1. The van der Waals surface area contributed by atoms with Gasteiger partial charge < -0.3 is 20.4 Å². The third-order valence-corrected chi connectivity index (χ3v) is 3.35. The fraction of sp³-hybridized carbons (Fsp3) is 0.357. The first kappa shape index (κ1) is 14.8. The van der Waals surface area contributed by atoms with Gasteiger partial charge >= 0.3 is 11.9 Å². The number of para-hydroxylation sites is 1. The second-order valence-corrected chi connectivity index (χ2v) is 4.84. The number of nitrogens with zero attached hydrogens (tertiary/aromatic N) is 1. The van der Waals surface area contributed by atoms with Gasteiger partial charge in [0.1, 0.15) is 13.1 Å². The Kier molecular flexibility index (Phi) is 4.42. The van der Waals surface area contributed by atoms with E-state index in [1.165, 1.54) is 0 Å². The molecule has 0 saturated heterocycles. The molecule has 0 fully saturated rings. The van der Waals surface area contributed by atoms with Crippen LogP contribution in [0.5, 0.6) is 0 Å². The molecule has 1 heterocycles. The average molecular weight is 292 g/mol. The maximum Gasteiger partial charge on any atom is 0.323 e. The number of fused-ring (bicyclic) bond motifs is 1. The molecule has 21 heavy (non-hydrogen) atoms. The van der Waals surface area contributed by atoms with Crippen LogP contribution in [0, 0.1) is 0 Å². The molecule has 0 aromatic heterocycles. The van der Waals surface area contributed by atoms with Gasteiger partial charge in [-0.05, 0) is 18.1 Å². The highest BCUT2D eigenvalue weighted by Gasteiger charge is 2.31. The molecule has 1 aliphatic heterocycles. The third kappa shape index (κ3) is 3.50. The lowest BCUT2D eigenvalue weighted by Crippen LogP contribution is -2.43. The van der Waals surface area contributed by atoms with Gasteiger partial charge in [-0.15, -0.1) is 0 Å². The van der Waals surface area contributed by atoms with Crippen LogP contribution in [-0.4, -0.2) is 52.6 Å². The van der Waals surface area contributed by atoms with Crippen molar-refractivity contribution in [2.45, 2.75) is 12.3 Å². The van der Waals surface area contributed by atoms with Crippen molar-refractivity contribution in [1.82, 2.24) is 4.90 Å². The molecule has 2 rings (SSSR count). The van der Waals surface area contributed by atoms with Crippen LogP contribution in [0.15, 0.2) is 24.3 Å². The summed E-state index contributed by atoms with van der Waals surface area (Å²) in [5, 5.41) is 20.8. The van der Waals surface area contributed by atoms with Crippen molar-refractivity contribution in [3.63, 3.8) is 0 Å². The zero-order valence-corrected chi connectivity index (χ0v) is 11.3. The molecule has 1 atom stereocenters. The number of carboxylic acids is 2. The Balaban J connectivity index is 2.25. The normalized spacial score (nSPS) is 16.5. The first-order valence-corrected chi connectivity index (χ1v) is 6.54. The Labute approximate surface area is 121 Å². The Morgan fingerprint density at radius 1 is 1.14 bits per heavy atom. The van der Waals surface area contributed by atoms with Crippen LogP contribution >= 0.6 is 0 Å². The summed E-state index contributed by atoms with van der Waals surface area (Å²) in [6.07, 6.45) is 0.506. The summed E-state index contributed by atoms with van der Waals surface area (Å²) in [4.78, 5) is 35.0. The smallest absolute Gasteiger partial charge is 0.323 e. The van der Waals surface area contributed by atoms with Crippen molar-refractivity contribution in [3.8, 4) is 0 Å². The predicted octanol–water partition coefficient (Wildman–Crippen LogP) is 0.584. The summed E-state index contributed by atoms with van der Waals surface area (Å²) >= 11 is 0. The second kappa shape index (κ2) is 6.25. The summed E-state index contributed by atoms with van der Waals surface area (Å²) in [5.41, 5.74) is 1.60. The molecule has 0 radical (unpaired) electrons. The van der Waals surface area contributed by atoms with E-state index in [2.05, 4.69) is 5.32 Å². The molecule has 1 amide bonds. The van der Waals surface area contributed by atoms with E-state index in [4.69, 9.17) is 10.2 Å². The first-order valence-electron chi connectivity index (χ1n) is 6.54. The van der Waals surface area contributed by atoms with E-state index in [1.54, 1.807) is 12.1 Å². The van der Waals surface area contributed by atoms with Crippen molar-refractivity contribution in [1.29, 1.82) is 0 Å². The summed E-state index contributed by atoms with van der Waals surface area (Å²) in [7, 11) is 0. The maximum absolute atomic E-state index is 12.5. The van der Waals surface area contributed by atoms with Crippen LogP contribution in [0.3, 0.4) is 0 Å². The highest BCUT2D eigenvalue weighted by molar-refractivity contribution is 5.91. The van der Waals surface area contributed by atoms with Gasteiger partial charge in [-0.25, -0.2) is 0 Å². The van der Waals surface area contributed by atoms with Gasteiger partial charge in [-0.2, -0.15) is 0 Å². The minimum Gasteiger partial charge on any atom is -0.480 e. The van der Waals surface area contributed by atoms with E-state index in [0.29, 0.717) is 13.0 Å². The minimum absolute atomic E-state index is 0.464. The highest BCUT2D eigenvalue weighted by atomic mass is 16.4. The van der Waals surface area contributed by atoms with Crippen molar-refractivity contribution >= 4 is 23.5 Å². The van der Waals surface area contributed by atoms with Crippen LogP contribution < -0.4 is 5.32 Å². The molecule has 7 nitrogen and oxygen atoms in total. The summed E-state index contributed by atoms with van der Waals surface area (Å²) in [6.45, 7) is -0.643. The molecule has 1 aliphatic rings. The van der Waals surface area contributed by atoms with E-state index in [1.807, 2.05) is 12.1 Å². The fourth-order valence-electron chi connectivity index (χ4n) is 2.48. The van der Waals surface area contributed by atoms with Gasteiger partial charge in [-0.3, -0.25) is 14.4 Å². The number of anilines is 1. The molecule has 0 saturated carbocycles. The molecule has 7 heteroatoms. The fourth-order valence-corrected chi connectivity index (χ4v) is 2.48. The maximum atomic E-state index is 12.5. The lowest BCUT2D eigenvalue weighted by Gasteiger charge is -2.29. The molecule has 0 aliphatic carbocycles. The number of hydrogen-bond acceptors (Lipinski definition) is 4. The van der Waals surface area contributed by atoms with Gasteiger partial charge in [0.05, 0.1) is 5.92 Å². The number of carbonyl (C=O) groups is 3. The molecule has 1 unspecified atom stereocenters. The van der Waals surface area contributed by atoms with E-state index in [0.717, 1.165) is 16.2 Å². The summed E-state index contributed by atoms with van der Waals surface area (Å²) in [6, 6.07) is 7.27. The lowest BCUT2D eigenvalue weighted by atomic mass is 9.89. The number of carbonyl (C=O) groups excluding carboxylic acids is 1. The number of rotatable bonds is 5. The Morgan fingerprint density at radius 2 is 1.76 bits per heavy atom. The SMILES string of the molecule is O=C(O)CN(CC(=O)O)C(=O)C1CCNc2ccccc21. The number of aliphatic carboxylic acids is 2. The quantitative estimate of drug-likeness (QED) is 0.733. The van der Waals surface area contributed by atoms with Gasteiger partial charge in [0.25, 0.3) is 0 Å². The molecular formula is C14H16N2O5. The van der Waals surface area contributed by atoms with E-state index in [9.17, 15) is 14.4 Å². The van der Waals surface area contributed by atoms with E-state index in [-0.39, 0.29) is 0 Å². The van der Waals surface area contributed by atoms with E-state index < -0.39 is 36.9 Å².